The van der Waals surface area contributed by atoms with E-state index in [1.54, 1.807) is 10.8 Å². The molecule has 0 N–H and O–H groups in total. The maximum atomic E-state index is 11.0. The highest BCUT2D eigenvalue weighted by molar-refractivity contribution is 9.10. The molecule has 0 aromatic carbocycles. The topological polar surface area (TPSA) is 34.9 Å². The average Bonchev–Trinajstić information content (AvgIpc) is 1.98. The Labute approximate surface area is 73.2 Å². The van der Waals surface area contributed by atoms with Gasteiger partial charge in [0.1, 0.15) is 0 Å². The molecule has 0 saturated heterocycles. The van der Waals surface area contributed by atoms with Gasteiger partial charge in [-0.2, -0.15) is 0 Å². The molecule has 1 aromatic heterocycles. The Morgan fingerprint density at radius 1 is 1.73 bits per heavy atom. The number of hydrogen-bond donors (Lipinski definition) is 0. The zero-order valence-corrected chi connectivity index (χ0v) is 7.84. The van der Waals surface area contributed by atoms with E-state index in [2.05, 4.69) is 20.9 Å². The van der Waals surface area contributed by atoms with Crippen molar-refractivity contribution in [3.05, 3.63) is 27.4 Å². The van der Waals surface area contributed by atoms with Crippen molar-refractivity contribution in [1.29, 1.82) is 0 Å². The van der Waals surface area contributed by atoms with E-state index in [1.165, 1.54) is 6.20 Å². The number of rotatable bonds is 2. The third kappa shape index (κ3) is 2.15. The summed E-state index contributed by atoms with van der Waals surface area (Å²) in [6.45, 7) is 2.75. The first kappa shape index (κ1) is 8.46. The highest BCUT2D eigenvalue weighted by atomic mass is 79.9. The number of halogens is 1. The molecule has 0 saturated carbocycles. The molecular formula is C7H9BrN2O. The summed E-state index contributed by atoms with van der Waals surface area (Å²) in [7, 11) is 0. The van der Waals surface area contributed by atoms with E-state index in [-0.39, 0.29) is 5.69 Å². The second-order valence-corrected chi connectivity index (χ2v) is 3.16. The van der Waals surface area contributed by atoms with Crippen LogP contribution in [-0.2, 0) is 6.54 Å². The number of hydrogen-bond acceptors (Lipinski definition) is 2. The van der Waals surface area contributed by atoms with Gasteiger partial charge in [0, 0.05) is 18.9 Å². The maximum Gasteiger partial charge on any atom is 0.347 e. The minimum absolute atomic E-state index is 0.185. The summed E-state index contributed by atoms with van der Waals surface area (Å²) in [5, 5.41) is 0. The second-order valence-electron chi connectivity index (χ2n) is 2.25. The molecule has 0 aliphatic carbocycles. The first-order valence-electron chi connectivity index (χ1n) is 3.46. The fraction of sp³-hybridized carbons (Fsp3) is 0.429. The molecule has 0 amide bonds. The van der Waals surface area contributed by atoms with E-state index in [4.69, 9.17) is 0 Å². The molecule has 0 atom stereocenters. The zero-order chi connectivity index (χ0) is 8.27. The molecule has 60 valence electrons. The predicted molar refractivity (Wildman–Crippen MR) is 46.5 cm³/mol. The Morgan fingerprint density at radius 3 is 3.09 bits per heavy atom. The summed E-state index contributed by atoms with van der Waals surface area (Å²) in [5.41, 5.74) is -0.185. The van der Waals surface area contributed by atoms with Gasteiger partial charge in [-0.25, -0.2) is 9.78 Å². The van der Waals surface area contributed by atoms with Crippen LogP contribution in [-0.4, -0.2) is 9.55 Å². The van der Waals surface area contributed by atoms with Gasteiger partial charge >= 0.3 is 5.69 Å². The monoisotopic (exact) mass is 216 g/mol. The quantitative estimate of drug-likeness (QED) is 0.750. The van der Waals surface area contributed by atoms with Gasteiger partial charge in [-0.15, -0.1) is 0 Å². The van der Waals surface area contributed by atoms with Gasteiger partial charge < -0.3 is 0 Å². The van der Waals surface area contributed by atoms with Gasteiger partial charge in [-0.3, -0.25) is 4.57 Å². The van der Waals surface area contributed by atoms with Crippen LogP contribution in [0.25, 0.3) is 0 Å². The van der Waals surface area contributed by atoms with Crippen molar-refractivity contribution in [2.24, 2.45) is 0 Å². The van der Waals surface area contributed by atoms with Crippen LogP contribution in [0.3, 0.4) is 0 Å². The highest BCUT2D eigenvalue weighted by Gasteiger charge is 1.94. The lowest BCUT2D eigenvalue weighted by Crippen LogP contribution is -2.21. The van der Waals surface area contributed by atoms with Crippen LogP contribution in [0.2, 0.25) is 0 Å². The molecule has 0 bridgehead atoms. The van der Waals surface area contributed by atoms with Gasteiger partial charge in [0.2, 0.25) is 0 Å². The molecule has 0 aliphatic rings. The van der Waals surface area contributed by atoms with Crippen molar-refractivity contribution in [3.63, 3.8) is 0 Å². The molecule has 0 aliphatic heterocycles. The SMILES string of the molecule is CCCn1cc(Br)cnc1=O. The molecule has 3 nitrogen and oxygen atoms in total. The minimum Gasteiger partial charge on any atom is -0.298 e. The standard InChI is InChI=1S/C7H9BrN2O/c1-2-3-10-5-6(8)4-9-7(10)11/h4-5H,2-3H2,1H3. The van der Waals surface area contributed by atoms with E-state index in [1.807, 2.05) is 6.92 Å². The summed E-state index contributed by atoms with van der Waals surface area (Å²) < 4.78 is 2.43. The van der Waals surface area contributed by atoms with Gasteiger partial charge in [0.15, 0.2) is 0 Å². The van der Waals surface area contributed by atoms with Gasteiger partial charge in [-0.05, 0) is 22.4 Å². The summed E-state index contributed by atoms with van der Waals surface area (Å²) in [6, 6.07) is 0. The Balaban J connectivity index is 3.03. The van der Waals surface area contributed by atoms with Crippen LogP contribution in [0.5, 0.6) is 0 Å². The summed E-state index contributed by atoms with van der Waals surface area (Å²) >= 11 is 3.24. The molecule has 0 fully saturated rings. The van der Waals surface area contributed by atoms with Crippen molar-refractivity contribution in [2.45, 2.75) is 19.9 Å². The van der Waals surface area contributed by atoms with Gasteiger partial charge in [-0.1, -0.05) is 6.92 Å². The smallest absolute Gasteiger partial charge is 0.298 e. The van der Waals surface area contributed by atoms with E-state index in [0.29, 0.717) is 0 Å². The van der Waals surface area contributed by atoms with Gasteiger partial charge in [0.25, 0.3) is 0 Å². The number of aryl methyl sites for hydroxylation is 1. The molecule has 0 spiro atoms. The van der Waals surface area contributed by atoms with E-state index in [9.17, 15) is 4.79 Å². The first-order valence-corrected chi connectivity index (χ1v) is 4.25. The largest absolute Gasteiger partial charge is 0.347 e. The molecule has 0 radical (unpaired) electrons. The van der Waals surface area contributed by atoms with Crippen molar-refractivity contribution in [3.8, 4) is 0 Å². The maximum absolute atomic E-state index is 11.0. The second kappa shape index (κ2) is 3.67. The summed E-state index contributed by atoms with van der Waals surface area (Å²) in [4.78, 5) is 14.7. The Hall–Kier alpha value is -0.640. The number of nitrogens with zero attached hydrogens (tertiary/aromatic N) is 2. The Kier molecular flexibility index (Phi) is 2.82. The summed E-state index contributed by atoms with van der Waals surface area (Å²) in [6.07, 6.45) is 4.20. The third-order valence-electron chi connectivity index (χ3n) is 1.29. The van der Waals surface area contributed by atoms with Gasteiger partial charge in [0.05, 0.1) is 4.47 Å². The fourth-order valence-electron chi connectivity index (χ4n) is 0.830. The Morgan fingerprint density at radius 2 is 2.45 bits per heavy atom. The molecule has 11 heavy (non-hydrogen) atoms. The van der Waals surface area contributed by atoms with Crippen LogP contribution < -0.4 is 5.69 Å². The molecule has 1 heterocycles. The fourth-order valence-corrected chi connectivity index (χ4v) is 1.18. The lowest BCUT2D eigenvalue weighted by Gasteiger charge is -2.00. The average molecular weight is 217 g/mol. The molecule has 0 unspecified atom stereocenters. The van der Waals surface area contributed by atoms with E-state index in [0.717, 1.165) is 17.4 Å². The minimum atomic E-state index is -0.185. The highest BCUT2D eigenvalue weighted by Crippen LogP contribution is 2.03. The lowest BCUT2D eigenvalue weighted by atomic mass is 10.5. The predicted octanol–water partition coefficient (Wildman–Crippen LogP) is 1.42. The zero-order valence-electron chi connectivity index (χ0n) is 6.25. The first-order chi connectivity index (χ1) is 5.24. The van der Waals surface area contributed by atoms with Crippen molar-refractivity contribution < 1.29 is 0 Å². The normalized spacial score (nSPS) is 10.0. The van der Waals surface area contributed by atoms with Crippen LogP contribution in [0, 0.1) is 0 Å². The van der Waals surface area contributed by atoms with Crippen molar-refractivity contribution in [2.75, 3.05) is 0 Å². The van der Waals surface area contributed by atoms with E-state index >= 15 is 0 Å². The molecule has 4 heteroatoms. The van der Waals surface area contributed by atoms with Crippen LogP contribution >= 0.6 is 15.9 Å². The van der Waals surface area contributed by atoms with Crippen LogP contribution in [0.1, 0.15) is 13.3 Å². The van der Waals surface area contributed by atoms with Crippen molar-refractivity contribution in [1.82, 2.24) is 9.55 Å². The molecule has 1 rings (SSSR count). The van der Waals surface area contributed by atoms with Crippen LogP contribution in [0.15, 0.2) is 21.7 Å². The van der Waals surface area contributed by atoms with Crippen LogP contribution in [0.4, 0.5) is 0 Å². The number of aromatic nitrogens is 2. The molecule has 1 aromatic rings. The Bertz CT molecular complexity index is 295. The third-order valence-corrected chi connectivity index (χ3v) is 1.70. The van der Waals surface area contributed by atoms with Crippen molar-refractivity contribution >= 4 is 15.9 Å². The van der Waals surface area contributed by atoms with E-state index < -0.39 is 0 Å². The molecular weight excluding hydrogens is 208 g/mol. The lowest BCUT2D eigenvalue weighted by molar-refractivity contribution is 0.633. The summed E-state index contributed by atoms with van der Waals surface area (Å²) in [5.74, 6) is 0.